The number of nitrogens with one attached hydrogen (secondary N) is 1. The van der Waals surface area contributed by atoms with Gasteiger partial charge in [-0.3, -0.25) is 4.79 Å². The average molecular weight is 333 g/mol. The summed E-state index contributed by atoms with van der Waals surface area (Å²) in [5.74, 6) is -0.215. The first-order chi connectivity index (χ1) is 8.37. The van der Waals surface area contributed by atoms with E-state index in [4.69, 9.17) is 0 Å². The molecule has 1 atom stereocenters. The average Bonchev–Trinajstić information content (AvgIpc) is 2.63. The first kappa shape index (κ1) is 13.5. The van der Waals surface area contributed by atoms with Gasteiger partial charge in [0.25, 0.3) is 0 Å². The Morgan fingerprint density at radius 2 is 2.28 bits per heavy atom. The van der Waals surface area contributed by atoms with E-state index < -0.39 is 15.8 Å². The molecule has 1 fully saturated rings. The van der Waals surface area contributed by atoms with Crippen molar-refractivity contribution in [2.24, 2.45) is 5.92 Å². The number of carbonyl (C=O) groups is 1. The van der Waals surface area contributed by atoms with Gasteiger partial charge < -0.3 is 5.32 Å². The van der Waals surface area contributed by atoms with Crippen LogP contribution in [0, 0.1) is 12.8 Å². The van der Waals surface area contributed by atoms with Gasteiger partial charge in [0.1, 0.15) is 5.82 Å². The van der Waals surface area contributed by atoms with Crippen molar-refractivity contribution in [2.75, 3.05) is 16.8 Å². The molecule has 0 radical (unpaired) electrons. The minimum Gasteiger partial charge on any atom is -0.310 e. The van der Waals surface area contributed by atoms with E-state index in [0.29, 0.717) is 12.2 Å². The third kappa shape index (κ3) is 3.08. The van der Waals surface area contributed by atoms with E-state index in [-0.39, 0.29) is 17.4 Å². The van der Waals surface area contributed by atoms with Crippen LogP contribution >= 0.6 is 15.9 Å². The fraction of sp³-hybridized carbons (Fsp3) is 0.455. The number of aryl methyl sites for hydroxylation is 1. The number of halogens is 1. The Hall–Kier alpha value is -0.950. The predicted octanol–water partition coefficient (Wildman–Crippen LogP) is 1.53. The number of hydrogen-bond donors (Lipinski definition) is 1. The molecule has 1 aromatic rings. The molecule has 0 bridgehead atoms. The lowest BCUT2D eigenvalue weighted by Gasteiger charge is -2.10. The molecule has 1 saturated heterocycles. The fourth-order valence-corrected chi connectivity index (χ4v) is 4.08. The van der Waals surface area contributed by atoms with E-state index in [1.54, 1.807) is 6.20 Å². The first-order valence-corrected chi connectivity index (χ1v) is 8.12. The van der Waals surface area contributed by atoms with Crippen LogP contribution in [0.2, 0.25) is 0 Å². The SMILES string of the molecule is Cc1cc(Br)cnc1NC(=O)C1CCS(=O)(=O)C1. The molecule has 1 aromatic heterocycles. The van der Waals surface area contributed by atoms with Crippen LogP contribution in [-0.4, -0.2) is 30.8 Å². The van der Waals surface area contributed by atoms with E-state index in [9.17, 15) is 13.2 Å². The number of sulfone groups is 1. The van der Waals surface area contributed by atoms with Crippen LogP contribution < -0.4 is 5.32 Å². The smallest absolute Gasteiger partial charge is 0.229 e. The quantitative estimate of drug-likeness (QED) is 0.890. The molecule has 7 heteroatoms. The maximum absolute atomic E-state index is 11.9. The van der Waals surface area contributed by atoms with E-state index >= 15 is 0 Å². The van der Waals surface area contributed by atoms with E-state index in [0.717, 1.165) is 10.0 Å². The zero-order valence-electron chi connectivity index (χ0n) is 9.81. The van der Waals surface area contributed by atoms with Gasteiger partial charge in [0, 0.05) is 10.7 Å². The second kappa shape index (κ2) is 4.97. The van der Waals surface area contributed by atoms with Crippen LogP contribution in [0.1, 0.15) is 12.0 Å². The molecule has 1 unspecified atom stereocenters. The number of nitrogens with zero attached hydrogens (tertiary/aromatic N) is 1. The van der Waals surface area contributed by atoms with Crippen molar-refractivity contribution in [1.29, 1.82) is 0 Å². The Morgan fingerprint density at radius 3 is 2.83 bits per heavy atom. The molecule has 0 saturated carbocycles. The van der Waals surface area contributed by atoms with Crippen LogP contribution in [0.25, 0.3) is 0 Å². The van der Waals surface area contributed by atoms with Crippen LogP contribution in [0.4, 0.5) is 5.82 Å². The summed E-state index contributed by atoms with van der Waals surface area (Å²) in [6.45, 7) is 1.83. The monoisotopic (exact) mass is 332 g/mol. The van der Waals surface area contributed by atoms with E-state index in [1.165, 1.54) is 0 Å². The van der Waals surface area contributed by atoms with E-state index in [2.05, 4.69) is 26.2 Å². The Morgan fingerprint density at radius 1 is 1.56 bits per heavy atom. The maximum atomic E-state index is 11.9. The summed E-state index contributed by atoms with van der Waals surface area (Å²) in [4.78, 5) is 16.0. The highest BCUT2D eigenvalue weighted by Gasteiger charge is 2.33. The number of anilines is 1. The van der Waals surface area contributed by atoms with Crippen molar-refractivity contribution >= 4 is 37.5 Å². The molecule has 2 rings (SSSR count). The third-order valence-corrected chi connectivity index (χ3v) is 5.09. The van der Waals surface area contributed by atoms with Crippen LogP contribution in [0.15, 0.2) is 16.7 Å². The summed E-state index contributed by atoms with van der Waals surface area (Å²) < 4.78 is 23.4. The van der Waals surface area contributed by atoms with Crippen molar-refractivity contribution in [3.05, 3.63) is 22.3 Å². The summed E-state index contributed by atoms with van der Waals surface area (Å²) >= 11 is 3.29. The molecule has 2 heterocycles. The lowest BCUT2D eigenvalue weighted by atomic mass is 10.1. The maximum Gasteiger partial charge on any atom is 0.229 e. The second-order valence-electron chi connectivity index (χ2n) is 4.41. The minimum absolute atomic E-state index is 0.0611. The number of amides is 1. The summed E-state index contributed by atoms with van der Waals surface area (Å²) in [5.41, 5.74) is 0.832. The molecular weight excluding hydrogens is 320 g/mol. The highest BCUT2D eigenvalue weighted by Crippen LogP contribution is 2.22. The Kier molecular flexibility index (Phi) is 3.72. The van der Waals surface area contributed by atoms with Gasteiger partial charge in [0.2, 0.25) is 5.91 Å². The van der Waals surface area contributed by atoms with Gasteiger partial charge in [0.05, 0.1) is 17.4 Å². The number of hydrogen-bond acceptors (Lipinski definition) is 4. The zero-order chi connectivity index (χ0) is 13.3. The molecule has 0 aliphatic carbocycles. The summed E-state index contributed by atoms with van der Waals surface area (Å²) in [7, 11) is -3.04. The predicted molar refractivity (Wildman–Crippen MR) is 72.1 cm³/mol. The van der Waals surface area contributed by atoms with Gasteiger partial charge in [-0.1, -0.05) is 0 Å². The molecule has 1 aliphatic rings. The molecule has 1 N–H and O–H groups in total. The summed E-state index contributed by atoms with van der Waals surface area (Å²) in [6.07, 6.45) is 1.98. The van der Waals surface area contributed by atoms with Crippen LogP contribution in [0.5, 0.6) is 0 Å². The van der Waals surface area contributed by atoms with Crippen molar-refractivity contribution in [3.8, 4) is 0 Å². The lowest BCUT2D eigenvalue weighted by molar-refractivity contribution is -0.119. The van der Waals surface area contributed by atoms with Gasteiger partial charge in [0.15, 0.2) is 9.84 Å². The van der Waals surface area contributed by atoms with E-state index in [1.807, 2.05) is 13.0 Å². The number of pyridine rings is 1. The van der Waals surface area contributed by atoms with Crippen molar-refractivity contribution in [3.63, 3.8) is 0 Å². The number of aromatic nitrogens is 1. The highest BCUT2D eigenvalue weighted by molar-refractivity contribution is 9.10. The normalized spacial score (nSPS) is 21.8. The Bertz CT molecular complexity index is 586. The van der Waals surface area contributed by atoms with Gasteiger partial charge >= 0.3 is 0 Å². The lowest BCUT2D eigenvalue weighted by Crippen LogP contribution is -2.24. The minimum atomic E-state index is -3.04. The molecule has 1 amide bonds. The van der Waals surface area contributed by atoms with Crippen molar-refractivity contribution < 1.29 is 13.2 Å². The topological polar surface area (TPSA) is 76.1 Å². The van der Waals surface area contributed by atoms with Crippen molar-refractivity contribution in [2.45, 2.75) is 13.3 Å². The molecule has 5 nitrogen and oxygen atoms in total. The number of carbonyl (C=O) groups excluding carboxylic acids is 1. The third-order valence-electron chi connectivity index (χ3n) is 2.89. The van der Waals surface area contributed by atoms with Crippen LogP contribution in [-0.2, 0) is 14.6 Å². The Balaban J connectivity index is 2.08. The molecular formula is C11H13BrN2O3S. The fourth-order valence-electron chi connectivity index (χ4n) is 1.89. The largest absolute Gasteiger partial charge is 0.310 e. The molecule has 98 valence electrons. The number of rotatable bonds is 2. The van der Waals surface area contributed by atoms with Gasteiger partial charge in [-0.2, -0.15) is 0 Å². The van der Waals surface area contributed by atoms with Crippen LogP contribution in [0.3, 0.4) is 0 Å². The van der Waals surface area contributed by atoms with Crippen molar-refractivity contribution in [1.82, 2.24) is 4.98 Å². The first-order valence-electron chi connectivity index (χ1n) is 5.51. The van der Waals surface area contributed by atoms with Gasteiger partial charge in [-0.15, -0.1) is 0 Å². The second-order valence-corrected chi connectivity index (χ2v) is 7.55. The van der Waals surface area contributed by atoms with Gasteiger partial charge in [-0.05, 0) is 40.9 Å². The molecule has 0 aromatic carbocycles. The highest BCUT2D eigenvalue weighted by atomic mass is 79.9. The molecule has 0 spiro atoms. The zero-order valence-corrected chi connectivity index (χ0v) is 12.2. The van der Waals surface area contributed by atoms with Gasteiger partial charge in [-0.25, -0.2) is 13.4 Å². The molecule has 1 aliphatic heterocycles. The molecule has 18 heavy (non-hydrogen) atoms. The summed E-state index contributed by atoms with van der Waals surface area (Å²) in [6, 6.07) is 1.84. The summed E-state index contributed by atoms with van der Waals surface area (Å²) in [5, 5.41) is 2.68. The Labute approximate surface area is 114 Å². The standard InChI is InChI=1S/C11H13BrN2O3S/c1-7-4-9(12)5-13-10(7)14-11(15)8-2-3-18(16,17)6-8/h4-5,8H,2-3,6H2,1H3,(H,13,14,15).